The van der Waals surface area contributed by atoms with E-state index in [1.54, 1.807) is 11.8 Å². The normalized spacial score (nSPS) is 15.2. The van der Waals surface area contributed by atoms with Gasteiger partial charge in [0.15, 0.2) is 0 Å². The number of nitrogens with two attached hydrogens (primary N) is 1. The number of aryl methyl sites for hydroxylation is 1. The van der Waals surface area contributed by atoms with E-state index in [9.17, 15) is 0 Å². The highest BCUT2D eigenvalue weighted by atomic mass is 32.2. The van der Waals surface area contributed by atoms with Gasteiger partial charge in [0.05, 0.1) is 17.9 Å². The second-order valence-electron chi connectivity index (χ2n) is 7.59. The molecule has 1 aliphatic rings. The van der Waals surface area contributed by atoms with Crippen molar-refractivity contribution in [2.45, 2.75) is 19.4 Å². The van der Waals surface area contributed by atoms with Gasteiger partial charge in [-0.15, -0.1) is 0 Å². The van der Waals surface area contributed by atoms with Crippen LogP contribution in [0.2, 0.25) is 0 Å². The summed E-state index contributed by atoms with van der Waals surface area (Å²) in [5.74, 6) is 0.836. The third-order valence-electron chi connectivity index (χ3n) is 5.33. The summed E-state index contributed by atoms with van der Waals surface area (Å²) >= 11 is 1.76. The highest BCUT2D eigenvalue weighted by Gasteiger charge is 2.19. The standard InChI is InChI=1S/C23H23N5S/c1-15-21-12-19(8-9-22(21)26-25-15)23-27-28(14-29-23)13-20(24)11-16-6-7-17-4-2-3-5-18(17)10-16/h2-10,12,20H,11,13-14,24H2,1H3,(H,25,26)/t20-/m0/s1. The van der Waals surface area contributed by atoms with Gasteiger partial charge >= 0.3 is 0 Å². The van der Waals surface area contributed by atoms with Crippen molar-refractivity contribution in [2.75, 3.05) is 12.4 Å². The number of benzene rings is 3. The van der Waals surface area contributed by atoms with E-state index >= 15 is 0 Å². The van der Waals surface area contributed by atoms with E-state index in [-0.39, 0.29) is 6.04 Å². The van der Waals surface area contributed by atoms with Gasteiger partial charge in [0.1, 0.15) is 5.04 Å². The van der Waals surface area contributed by atoms with Crippen molar-refractivity contribution < 1.29 is 0 Å². The minimum absolute atomic E-state index is 0.0402. The Bertz CT molecular complexity index is 1210. The van der Waals surface area contributed by atoms with E-state index in [4.69, 9.17) is 10.8 Å². The van der Waals surface area contributed by atoms with Crippen molar-refractivity contribution in [2.24, 2.45) is 10.8 Å². The molecular weight excluding hydrogens is 378 g/mol. The fourth-order valence-electron chi connectivity index (χ4n) is 3.83. The Hall–Kier alpha value is -2.83. The number of nitrogens with one attached hydrogen (secondary N) is 1. The van der Waals surface area contributed by atoms with Gasteiger partial charge in [-0.3, -0.25) is 10.1 Å². The molecule has 6 heteroatoms. The number of aromatic nitrogens is 2. The Balaban J connectivity index is 1.27. The second-order valence-corrected chi connectivity index (χ2v) is 8.53. The molecule has 0 bridgehead atoms. The van der Waals surface area contributed by atoms with Crippen LogP contribution in [0.1, 0.15) is 16.8 Å². The van der Waals surface area contributed by atoms with Crippen molar-refractivity contribution in [1.29, 1.82) is 0 Å². The van der Waals surface area contributed by atoms with E-state index in [0.29, 0.717) is 0 Å². The number of hydrogen-bond donors (Lipinski definition) is 2. The van der Waals surface area contributed by atoms with Crippen molar-refractivity contribution in [3.63, 3.8) is 0 Å². The van der Waals surface area contributed by atoms with E-state index < -0.39 is 0 Å². The Labute approximate surface area is 174 Å². The number of thioether (sulfide) groups is 1. The second kappa shape index (κ2) is 7.54. The molecule has 0 fully saturated rings. The van der Waals surface area contributed by atoms with Crippen LogP contribution in [0, 0.1) is 6.92 Å². The van der Waals surface area contributed by atoms with Crippen LogP contribution in [0.15, 0.2) is 65.8 Å². The molecule has 0 unspecified atom stereocenters. The molecule has 0 amide bonds. The number of aromatic amines is 1. The van der Waals surface area contributed by atoms with E-state index in [1.807, 2.05) is 13.0 Å². The maximum atomic E-state index is 6.46. The van der Waals surface area contributed by atoms with Crippen molar-refractivity contribution in [3.8, 4) is 0 Å². The Morgan fingerprint density at radius 3 is 2.86 bits per heavy atom. The van der Waals surface area contributed by atoms with Gasteiger partial charge in [-0.1, -0.05) is 54.2 Å². The van der Waals surface area contributed by atoms with Gasteiger partial charge in [0.25, 0.3) is 0 Å². The quantitative estimate of drug-likeness (QED) is 0.524. The zero-order chi connectivity index (χ0) is 19.8. The first kappa shape index (κ1) is 18.2. The number of nitrogens with zero attached hydrogens (tertiary/aromatic N) is 3. The maximum Gasteiger partial charge on any atom is 0.125 e. The van der Waals surface area contributed by atoms with Crippen molar-refractivity contribution in [1.82, 2.24) is 15.2 Å². The number of H-pyrrole nitrogens is 1. The van der Waals surface area contributed by atoms with Gasteiger partial charge in [-0.2, -0.15) is 10.2 Å². The van der Waals surface area contributed by atoms with Crippen LogP contribution in [0.25, 0.3) is 21.7 Å². The SMILES string of the molecule is Cc1[nH]nc2ccc(C3=NN(C[C@@H](N)Cc4ccc5ccccc5c4)CS3)cc12. The lowest BCUT2D eigenvalue weighted by Gasteiger charge is -2.18. The van der Waals surface area contributed by atoms with Gasteiger partial charge < -0.3 is 5.73 Å². The molecule has 29 heavy (non-hydrogen) atoms. The molecule has 3 aromatic carbocycles. The Morgan fingerprint density at radius 1 is 1.10 bits per heavy atom. The van der Waals surface area contributed by atoms with Gasteiger partial charge in [0.2, 0.25) is 0 Å². The summed E-state index contributed by atoms with van der Waals surface area (Å²) in [7, 11) is 0. The first-order valence-corrected chi connectivity index (χ1v) is 10.8. The molecule has 1 aliphatic heterocycles. The van der Waals surface area contributed by atoms with E-state index in [2.05, 4.69) is 69.8 Å². The van der Waals surface area contributed by atoms with Crippen LogP contribution in [0.4, 0.5) is 0 Å². The largest absolute Gasteiger partial charge is 0.326 e. The number of fused-ring (bicyclic) bond motifs is 2. The van der Waals surface area contributed by atoms with Crippen LogP contribution in [0.3, 0.4) is 0 Å². The number of rotatable bonds is 5. The van der Waals surface area contributed by atoms with Crippen LogP contribution in [-0.4, -0.2) is 38.7 Å². The highest BCUT2D eigenvalue weighted by Crippen LogP contribution is 2.26. The summed E-state index contributed by atoms with van der Waals surface area (Å²) < 4.78 is 0. The smallest absolute Gasteiger partial charge is 0.125 e. The molecule has 1 aromatic heterocycles. The predicted octanol–water partition coefficient (Wildman–Crippen LogP) is 4.26. The molecule has 1 atom stereocenters. The van der Waals surface area contributed by atoms with Crippen LogP contribution in [0.5, 0.6) is 0 Å². The summed E-state index contributed by atoms with van der Waals surface area (Å²) in [5.41, 5.74) is 10.9. The third-order valence-corrected chi connectivity index (χ3v) is 6.35. The summed E-state index contributed by atoms with van der Waals surface area (Å²) in [4.78, 5) is 0. The zero-order valence-electron chi connectivity index (χ0n) is 16.3. The molecule has 0 saturated carbocycles. The van der Waals surface area contributed by atoms with Crippen molar-refractivity contribution >= 4 is 38.5 Å². The van der Waals surface area contributed by atoms with Gasteiger partial charge in [0, 0.05) is 22.7 Å². The molecule has 5 nitrogen and oxygen atoms in total. The van der Waals surface area contributed by atoms with Crippen LogP contribution < -0.4 is 5.73 Å². The molecule has 146 valence electrons. The first-order chi connectivity index (χ1) is 14.2. The van der Waals surface area contributed by atoms with Crippen LogP contribution in [-0.2, 0) is 6.42 Å². The van der Waals surface area contributed by atoms with Gasteiger partial charge in [-0.25, -0.2) is 0 Å². The lowest BCUT2D eigenvalue weighted by Crippen LogP contribution is -2.35. The number of hydrogen-bond acceptors (Lipinski definition) is 5. The summed E-state index contributed by atoms with van der Waals surface area (Å²) in [6.45, 7) is 2.79. The zero-order valence-corrected chi connectivity index (χ0v) is 17.1. The fraction of sp³-hybridized carbons (Fsp3) is 0.217. The molecule has 0 aliphatic carbocycles. The molecule has 2 heterocycles. The van der Waals surface area contributed by atoms with Gasteiger partial charge in [-0.05, 0) is 47.9 Å². The maximum absolute atomic E-state index is 6.46. The topological polar surface area (TPSA) is 70.3 Å². The summed E-state index contributed by atoms with van der Waals surface area (Å²) in [6.07, 6.45) is 0.844. The average molecular weight is 402 g/mol. The average Bonchev–Trinajstić information content (AvgIpc) is 3.34. The highest BCUT2D eigenvalue weighted by molar-refractivity contribution is 8.14. The molecule has 5 rings (SSSR count). The molecule has 0 radical (unpaired) electrons. The summed E-state index contributed by atoms with van der Waals surface area (Å²) in [6, 6.07) is 21.4. The minimum atomic E-state index is 0.0402. The van der Waals surface area contributed by atoms with E-state index in [1.165, 1.54) is 16.3 Å². The number of hydrazone groups is 1. The lowest BCUT2D eigenvalue weighted by molar-refractivity contribution is 0.320. The summed E-state index contributed by atoms with van der Waals surface area (Å²) in [5, 5.41) is 19.0. The minimum Gasteiger partial charge on any atom is -0.326 e. The monoisotopic (exact) mass is 401 g/mol. The molecule has 0 saturated heterocycles. The lowest BCUT2D eigenvalue weighted by atomic mass is 10.0. The van der Waals surface area contributed by atoms with Crippen molar-refractivity contribution in [3.05, 3.63) is 77.5 Å². The van der Waals surface area contributed by atoms with Crippen LogP contribution >= 0.6 is 11.8 Å². The third kappa shape index (κ3) is 3.73. The molecule has 3 N–H and O–H groups in total. The Morgan fingerprint density at radius 2 is 1.97 bits per heavy atom. The van der Waals surface area contributed by atoms with E-state index in [0.717, 1.165) is 46.0 Å². The predicted molar refractivity (Wildman–Crippen MR) is 122 cm³/mol. The Kier molecular flexibility index (Phi) is 4.73. The molecule has 4 aromatic rings. The molecule has 0 spiro atoms. The fourth-order valence-corrected chi connectivity index (χ4v) is 4.73. The molecular formula is C23H23N5S. The first-order valence-electron chi connectivity index (χ1n) is 9.80.